The number of hydrogen-bond acceptors (Lipinski definition) is 1. The highest BCUT2D eigenvalue weighted by Crippen LogP contribution is 2.33. The number of halogens is 3. The maximum atomic E-state index is 12.6. The second-order valence-electron chi connectivity index (χ2n) is 3.61. The standard InChI is InChI=1S/C12H14F3N/c1-4-9(3)16-10-6-5-8(2)11(7-10)12(13,14)15/h5-7,16H,3-4H2,1-2H3. The fourth-order valence-corrected chi connectivity index (χ4v) is 1.30. The van der Waals surface area contributed by atoms with Gasteiger partial charge < -0.3 is 5.32 Å². The maximum Gasteiger partial charge on any atom is 0.416 e. The normalized spacial score (nSPS) is 11.3. The van der Waals surface area contributed by atoms with E-state index < -0.39 is 11.7 Å². The summed E-state index contributed by atoms with van der Waals surface area (Å²) in [5, 5.41) is 2.84. The Bertz CT molecular complexity index is 394. The Hall–Kier alpha value is -1.45. The van der Waals surface area contributed by atoms with Gasteiger partial charge in [-0.3, -0.25) is 0 Å². The molecule has 0 aliphatic carbocycles. The van der Waals surface area contributed by atoms with Crippen LogP contribution in [0.3, 0.4) is 0 Å². The SMILES string of the molecule is C=C(CC)Nc1ccc(C)c(C(F)(F)F)c1. The third-order valence-corrected chi connectivity index (χ3v) is 2.29. The van der Waals surface area contributed by atoms with Gasteiger partial charge in [0.25, 0.3) is 0 Å². The van der Waals surface area contributed by atoms with E-state index in [1.165, 1.54) is 13.0 Å². The number of benzene rings is 1. The minimum absolute atomic E-state index is 0.222. The van der Waals surface area contributed by atoms with Crippen LogP contribution < -0.4 is 5.32 Å². The molecule has 0 saturated heterocycles. The van der Waals surface area contributed by atoms with Crippen LogP contribution in [0, 0.1) is 6.92 Å². The fraction of sp³-hybridized carbons (Fsp3) is 0.333. The van der Waals surface area contributed by atoms with E-state index >= 15 is 0 Å². The van der Waals surface area contributed by atoms with Crippen LogP contribution in [0.25, 0.3) is 0 Å². The van der Waals surface area contributed by atoms with Crippen LogP contribution >= 0.6 is 0 Å². The van der Waals surface area contributed by atoms with E-state index in [0.717, 1.165) is 6.07 Å². The van der Waals surface area contributed by atoms with Crippen molar-refractivity contribution in [2.45, 2.75) is 26.4 Å². The second-order valence-corrected chi connectivity index (χ2v) is 3.61. The molecule has 1 nitrogen and oxygen atoms in total. The topological polar surface area (TPSA) is 12.0 Å². The molecule has 0 aromatic heterocycles. The molecule has 0 bridgehead atoms. The zero-order valence-corrected chi connectivity index (χ0v) is 9.28. The van der Waals surface area contributed by atoms with Gasteiger partial charge in [0.05, 0.1) is 5.56 Å². The zero-order chi connectivity index (χ0) is 12.3. The molecule has 1 aromatic carbocycles. The second kappa shape index (κ2) is 4.60. The van der Waals surface area contributed by atoms with Crippen LogP contribution in [0.2, 0.25) is 0 Å². The summed E-state index contributed by atoms with van der Waals surface area (Å²) in [6.45, 7) is 7.02. The first-order valence-corrected chi connectivity index (χ1v) is 4.97. The van der Waals surface area contributed by atoms with E-state index in [1.54, 1.807) is 6.07 Å². The summed E-state index contributed by atoms with van der Waals surface area (Å²) in [7, 11) is 0. The smallest absolute Gasteiger partial charge is 0.359 e. The van der Waals surface area contributed by atoms with Crippen molar-refractivity contribution in [3.05, 3.63) is 41.6 Å². The first kappa shape index (κ1) is 12.6. The highest BCUT2D eigenvalue weighted by Gasteiger charge is 2.32. The van der Waals surface area contributed by atoms with Crippen molar-refractivity contribution in [1.29, 1.82) is 0 Å². The number of alkyl halides is 3. The molecule has 0 aliphatic rings. The quantitative estimate of drug-likeness (QED) is 0.812. The van der Waals surface area contributed by atoms with Gasteiger partial charge in [-0.15, -0.1) is 0 Å². The first-order valence-electron chi connectivity index (χ1n) is 4.97. The molecule has 0 heterocycles. The Morgan fingerprint density at radius 3 is 2.50 bits per heavy atom. The first-order chi connectivity index (χ1) is 7.34. The number of aryl methyl sites for hydroxylation is 1. The van der Waals surface area contributed by atoms with Crippen LogP contribution in [-0.4, -0.2) is 0 Å². The third kappa shape index (κ3) is 3.02. The molecule has 0 fully saturated rings. The van der Waals surface area contributed by atoms with E-state index in [9.17, 15) is 13.2 Å². The van der Waals surface area contributed by atoms with E-state index in [2.05, 4.69) is 11.9 Å². The van der Waals surface area contributed by atoms with Crippen molar-refractivity contribution in [2.24, 2.45) is 0 Å². The lowest BCUT2D eigenvalue weighted by molar-refractivity contribution is -0.138. The molecule has 0 aliphatic heterocycles. The lowest BCUT2D eigenvalue weighted by atomic mass is 10.1. The summed E-state index contributed by atoms with van der Waals surface area (Å²) in [6, 6.07) is 4.18. The molecule has 0 atom stereocenters. The van der Waals surface area contributed by atoms with Gasteiger partial charge in [-0.1, -0.05) is 19.6 Å². The van der Waals surface area contributed by atoms with E-state index in [1.807, 2.05) is 6.92 Å². The monoisotopic (exact) mass is 229 g/mol. The third-order valence-electron chi connectivity index (χ3n) is 2.29. The van der Waals surface area contributed by atoms with Crippen molar-refractivity contribution in [3.63, 3.8) is 0 Å². The highest BCUT2D eigenvalue weighted by molar-refractivity contribution is 5.52. The summed E-state index contributed by atoms with van der Waals surface area (Å²) in [5.41, 5.74) is 0.725. The molecule has 0 saturated carbocycles. The minimum Gasteiger partial charge on any atom is -0.359 e. The summed E-state index contributed by atoms with van der Waals surface area (Å²) < 4.78 is 37.8. The van der Waals surface area contributed by atoms with Crippen LogP contribution in [0.1, 0.15) is 24.5 Å². The van der Waals surface area contributed by atoms with Gasteiger partial charge in [0.15, 0.2) is 0 Å². The molecule has 88 valence electrons. The van der Waals surface area contributed by atoms with E-state index in [0.29, 0.717) is 17.8 Å². The highest BCUT2D eigenvalue weighted by atomic mass is 19.4. The number of rotatable bonds is 3. The average molecular weight is 229 g/mol. The Morgan fingerprint density at radius 1 is 1.38 bits per heavy atom. The van der Waals surface area contributed by atoms with Crippen molar-refractivity contribution in [3.8, 4) is 0 Å². The minimum atomic E-state index is -4.31. The molecular weight excluding hydrogens is 215 g/mol. The lowest BCUT2D eigenvalue weighted by Gasteiger charge is -2.13. The Balaban J connectivity index is 3.03. The summed E-state index contributed by atoms with van der Waals surface area (Å²) in [6.07, 6.45) is -3.63. The Labute approximate surface area is 93.0 Å². The fourth-order valence-electron chi connectivity index (χ4n) is 1.30. The van der Waals surface area contributed by atoms with Crippen LogP contribution in [0.4, 0.5) is 18.9 Å². The van der Waals surface area contributed by atoms with Gasteiger partial charge in [0, 0.05) is 11.4 Å². The van der Waals surface area contributed by atoms with Crippen molar-refractivity contribution >= 4 is 5.69 Å². The maximum absolute atomic E-state index is 12.6. The summed E-state index contributed by atoms with van der Waals surface area (Å²) >= 11 is 0. The van der Waals surface area contributed by atoms with Crippen molar-refractivity contribution in [2.75, 3.05) is 5.32 Å². The molecule has 16 heavy (non-hydrogen) atoms. The average Bonchev–Trinajstić information content (AvgIpc) is 2.19. The predicted molar refractivity (Wildman–Crippen MR) is 59.2 cm³/mol. The van der Waals surface area contributed by atoms with Crippen LogP contribution in [-0.2, 0) is 6.18 Å². The summed E-state index contributed by atoms with van der Waals surface area (Å²) in [5.74, 6) is 0. The summed E-state index contributed by atoms with van der Waals surface area (Å²) in [4.78, 5) is 0. The predicted octanol–water partition coefficient (Wildman–Crippen LogP) is 4.35. The Kier molecular flexibility index (Phi) is 3.62. The molecule has 0 radical (unpaired) electrons. The molecule has 1 N–H and O–H groups in total. The zero-order valence-electron chi connectivity index (χ0n) is 9.28. The number of anilines is 1. The van der Waals surface area contributed by atoms with Gasteiger partial charge >= 0.3 is 6.18 Å². The van der Waals surface area contributed by atoms with Crippen LogP contribution in [0.5, 0.6) is 0 Å². The van der Waals surface area contributed by atoms with Gasteiger partial charge in [-0.25, -0.2) is 0 Å². The molecule has 4 heteroatoms. The molecular formula is C12H14F3N. The van der Waals surface area contributed by atoms with E-state index in [4.69, 9.17) is 0 Å². The molecule has 0 amide bonds. The number of hydrogen-bond donors (Lipinski definition) is 1. The van der Waals surface area contributed by atoms with Gasteiger partial charge in [0.1, 0.15) is 0 Å². The van der Waals surface area contributed by atoms with Crippen LogP contribution in [0.15, 0.2) is 30.5 Å². The lowest BCUT2D eigenvalue weighted by Crippen LogP contribution is -2.08. The number of nitrogens with one attached hydrogen (secondary N) is 1. The molecule has 0 unspecified atom stereocenters. The molecule has 1 aromatic rings. The van der Waals surface area contributed by atoms with E-state index in [-0.39, 0.29) is 5.56 Å². The van der Waals surface area contributed by atoms with Gasteiger partial charge in [-0.05, 0) is 31.0 Å². The largest absolute Gasteiger partial charge is 0.416 e. The molecule has 0 spiro atoms. The van der Waals surface area contributed by atoms with Crippen molar-refractivity contribution < 1.29 is 13.2 Å². The van der Waals surface area contributed by atoms with Crippen molar-refractivity contribution in [1.82, 2.24) is 0 Å². The molecule has 1 rings (SSSR count). The Morgan fingerprint density at radius 2 is 2.00 bits per heavy atom. The van der Waals surface area contributed by atoms with Gasteiger partial charge in [0.2, 0.25) is 0 Å². The number of allylic oxidation sites excluding steroid dienone is 1. The van der Waals surface area contributed by atoms with Gasteiger partial charge in [-0.2, -0.15) is 13.2 Å².